The van der Waals surface area contributed by atoms with Crippen molar-refractivity contribution in [3.63, 3.8) is 0 Å². The van der Waals surface area contributed by atoms with Crippen LogP contribution in [0.4, 0.5) is 0 Å². The van der Waals surface area contributed by atoms with E-state index < -0.39 is 24.1 Å². The van der Waals surface area contributed by atoms with Gasteiger partial charge in [-0.1, -0.05) is 13.8 Å². The molecule has 1 unspecified atom stereocenters. The molecule has 3 N–H and O–H groups in total. The van der Waals surface area contributed by atoms with Crippen molar-refractivity contribution >= 4 is 0 Å². The monoisotopic (exact) mass is 298 g/mol. The van der Waals surface area contributed by atoms with Gasteiger partial charge in [-0.2, -0.15) is 0 Å². The number of nitrogens with one attached hydrogen (secondary N) is 1. The summed E-state index contributed by atoms with van der Waals surface area (Å²) < 4.78 is 6.74. The zero-order valence-corrected chi connectivity index (χ0v) is 12.3. The molecule has 0 spiro atoms. The van der Waals surface area contributed by atoms with E-state index in [9.17, 15) is 14.7 Å². The molecule has 1 saturated heterocycles. The second-order valence-corrected chi connectivity index (χ2v) is 5.87. The van der Waals surface area contributed by atoms with Crippen LogP contribution in [0.5, 0.6) is 0 Å². The first-order valence-corrected chi connectivity index (χ1v) is 7.21. The molecule has 7 nitrogen and oxygen atoms in total. The fourth-order valence-corrected chi connectivity index (χ4v) is 2.41. The van der Waals surface area contributed by atoms with E-state index in [-0.39, 0.29) is 18.6 Å². The first-order chi connectivity index (χ1) is 9.92. The van der Waals surface area contributed by atoms with Crippen LogP contribution in [0.2, 0.25) is 0 Å². The van der Waals surface area contributed by atoms with Crippen LogP contribution in [0.15, 0.2) is 15.8 Å². The number of aromatic nitrogens is 2. The summed E-state index contributed by atoms with van der Waals surface area (Å²) in [7, 11) is 0. The van der Waals surface area contributed by atoms with Gasteiger partial charge in [0.15, 0.2) is 0 Å². The van der Waals surface area contributed by atoms with Crippen molar-refractivity contribution in [2.45, 2.75) is 51.5 Å². The average Bonchev–Trinajstić information content (AvgIpc) is 2.78. The van der Waals surface area contributed by atoms with Gasteiger partial charge in [-0.3, -0.25) is 14.3 Å². The molecule has 1 aliphatic heterocycles. The molecule has 0 bridgehead atoms. The minimum atomic E-state index is -0.821. The lowest BCUT2D eigenvalue weighted by Gasteiger charge is -2.15. The van der Waals surface area contributed by atoms with Gasteiger partial charge in [0.2, 0.25) is 0 Å². The topological polar surface area (TPSA) is 105 Å². The van der Waals surface area contributed by atoms with E-state index in [1.165, 1.54) is 10.8 Å². The van der Waals surface area contributed by atoms with Crippen molar-refractivity contribution < 1.29 is 14.9 Å². The van der Waals surface area contributed by atoms with E-state index >= 15 is 0 Å². The molecule has 0 aliphatic carbocycles. The van der Waals surface area contributed by atoms with Crippen molar-refractivity contribution in [2.24, 2.45) is 5.92 Å². The normalized spacial score (nSPS) is 25.7. The molecule has 0 radical (unpaired) electrons. The Kier molecular flexibility index (Phi) is 4.97. The van der Waals surface area contributed by atoms with Crippen molar-refractivity contribution in [3.05, 3.63) is 32.6 Å². The molecule has 0 aromatic carbocycles. The van der Waals surface area contributed by atoms with Crippen LogP contribution < -0.4 is 11.2 Å². The molecule has 118 valence electrons. The second-order valence-electron chi connectivity index (χ2n) is 5.87. The molecular weight excluding hydrogens is 276 g/mol. The van der Waals surface area contributed by atoms with E-state index in [4.69, 9.17) is 9.84 Å². The maximum absolute atomic E-state index is 11.9. The van der Waals surface area contributed by atoms with E-state index in [0.29, 0.717) is 17.9 Å². The molecule has 21 heavy (non-hydrogen) atoms. The fraction of sp³-hybridized carbons (Fsp3) is 0.714. The minimum absolute atomic E-state index is 0.209. The summed E-state index contributed by atoms with van der Waals surface area (Å²) in [6.07, 6.45) is 0.938. The van der Waals surface area contributed by atoms with Gasteiger partial charge in [-0.25, -0.2) is 4.79 Å². The SMILES string of the molecule is CC(C)CCc1cn([C@@H]2CC(O)[C@H](CO)O2)c(=O)[nH]c1=O. The number of aliphatic hydroxyl groups is 2. The van der Waals surface area contributed by atoms with Crippen LogP contribution in [0.3, 0.4) is 0 Å². The number of nitrogens with zero attached hydrogens (tertiary/aromatic N) is 1. The quantitative estimate of drug-likeness (QED) is 0.696. The fourth-order valence-electron chi connectivity index (χ4n) is 2.41. The standard InChI is InChI=1S/C14H22N2O5/c1-8(2)3-4-9-6-16(14(20)15-13(9)19)12-5-10(18)11(7-17)21-12/h6,8,10-12,17-18H,3-5,7H2,1-2H3,(H,15,19,20)/t10?,11-,12-/m0/s1. The predicted octanol–water partition coefficient (Wildman–Crippen LogP) is -0.234. The molecular formula is C14H22N2O5. The lowest BCUT2D eigenvalue weighted by molar-refractivity contribution is -0.0460. The van der Waals surface area contributed by atoms with Crippen LogP contribution in [0.1, 0.15) is 38.5 Å². The van der Waals surface area contributed by atoms with E-state index in [2.05, 4.69) is 18.8 Å². The summed E-state index contributed by atoms with van der Waals surface area (Å²) in [6.45, 7) is 3.81. The summed E-state index contributed by atoms with van der Waals surface area (Å²) in [5.74, 6) is 0.452. The van der Waals surface area contributed by atoms with Crippen LogP contribution in [0, 0.1) is 5.92 Å². The smallest absolute Gasteiger partial charge is 0.330 e. The van der Waals surface area contributed by atoms with Crippen molar-refractivity contribution in [2.75, 3.05) is 6.61 Å². The molecule has 2 heterocycles. The van der Waals surface area contributed by atoms with Crippen LogP contribution >= 0.6 is 0 Å². The third kappa shape index (κ3) is 3.61. The maximum atomic E-state index is 11.9. The van der Waals surface area contributed by atoms with Gasteiger partial charge in [0, 0.05) is 18.2 Å². The third-order valence-electron chi connectivity index (χ3n) is 3.73. The van der Waals surface area contributed by atoms with Crippen molar-refractivity contribution in [1.29, 1.82) is 0 Å². The molecule has 0 amide bonds. The highest BCUT2D eigenvalue weighted by molar-refractivity contribution is 5.05. The van der Waals surface area contributed by atoms with Crippen LogP contribution in [0.25, 0.3) is 0 Å². The van der Waals surface area contributed by atoms with Crippen molar-refractivity contribution in [1.82, 2.24) is 9.55 Å². The van der Waals surface area contributed by atoms with Crippen molar-refractivity contribution in [3.8, 4) is 0 Å². The Morgan fingerprint density at radius 3 is 2.76 bits per heavy atom. The van der Waals surface area contributed by atoms with Gasteiger partial charge >= 0.3 is 5.69 Å². The lowest BCUT2D eigenvalue weighted by atomic mass is 10.0. The summed E-state index contributed by atoms with van der Waals surface area (Å²) in [5, 5.41) is 18.8. The highest BCUT2D eigenvalue weighted by atomic mass is 16.5. The summed E-state index contributed by atoms with van der Waals surface area (Å²) >= 11 is 0. The van der Waals surface area contributed by atoms with Gasteiger partial charge < -0.3 is 14.9 Å². The average molecular weight is 298 g/mol. The summed E-state index contributed by atoms with van der Waals surface area (Å²) in [4.78, 5) is 26.0. The largest absolute Gasteiger partial charge is 0.394 e. The molecule has 1 aromatic heterocycles. The summed E-state index contributed by atoms with van der Waals surface area (Å²) in [6, 6.07) is 0. The number of hydrogen-bond acceptors (Lipinski definition) is 5. The Morgan fingerprint density at radius 2 is 2.19 bits per heavy atom. The minimum Gasteiger partial charge on any atom is -0.394 e. The Bertz CT molecular complexity index is 592. The molecule has 1 aromatic rings. The van der Waals surface area contributed by atoms with E-state index in [0.717, 1.165) is 6.42 Å². The molecule has 3 atom stereocenters. The molecule has 2 rings (SSSR count). The van der Waals surface area contributed by atoms with Gasteiger partial charge in [0.25, 0.3) is 5.56 Å². The molecule has 1 fully saturated rings. The Labute approximate surface area is 122 Å². The highest BCUT2D eigenvalue weighted by Gasteiger charge is 2.35. The second kappa shape index (κ2) is 6.55. The Hall–Kier alpha value is -1.44. The molecule has 1 aliphatic rings. The number of H-pyrrole nitrogens is 1. The first kappa shape index (κ1) is 15.9. The van der Waals surface area contributed by atoms with Crippen LogP contribution in [-0.2, 0) is 11.2 Å². The predicted molar refractivity (Wildman–Crippen MR) is 76.1 cm³/mol. The third-order valence-corrected chi connectivity index (χ3v) is 3.73. The number of rotatable bonds is 5. The number of aliphatic hydroxyl groups excluding tert-OH is 2. The number of aromatic amines is 1. The lowest BCUT2D eigenvalue weighted by Crippen LogP contribution is -2.34. The zero-order chi connectivity index (χ0) is 15.6. The van der Waals surface area contributed by atoms with E-state index in [1.54, 1.807) is 0 Å². The van der Waals surface area contributed by atoms with Crippen LogP contribution in [-0.4, -0.2) is 38.6 Å². The molecule has 7 heteroatoms. The van der Waals surface area contributed by atoms with Gasteiger partial charge in [0.1, 0.15) is 12.3 Å². The zero-order valence-electron chi connectivity index (χ0n) is 12.3. The first-order valence-electron chi connectivity index (χ1n) is 7.21. The maximum Gasteiger partial charge on any atom is 0.330 e. The molecule has 0 saturated carbocycles. The van der Waals surface area contributed by atoms with Gasteiger partial charge in [-0.05, 0) is 18.8 Å². The highest BCUT2D eigenvalue weighted by Crippen LogP contribution is 2.27. The Morgan fingerprint density at radius 1 is 1.48 bits per heavy atom. The van der Waals surface area contributed by atoms with Gasteiger partial charge in [-0.15, -0.1) is 0 Å². The van der Waals surface area contributed by atoms with E-state index in [1.807, 2.05) is 0 Å². The summed E-state index contributed by atoms with van der Waals surface area (Å²) in [5.41, 5.74) is -0.424. The number of aryl methyl sites for hydroxylation is 1. The number of ether oxygens (including phenoxy) is 1. The van der Waals surface area contributed by atoms with Gasteiger partial charge in [0.05, 0.1) is 12.7 Å². The number of hydrogen-bond donors (Lipinski definition) is 3. The Balaban J connectivity index is 2.26.